The van der Waals surface area contributed by atoms with Crippen molar-refractivity contribution in [3.63, 3.8) is 0 Å². The first-order valence-corrected chi connectivity index (χ1v) is 12.8. The van der Waals surface area contributed by atoms with Crippen molar-refractivity contribution in [3.05, 3.63) is 105 Å². The summed E-state index contributed by atoms with van der Waals surface area (Å²) in [6, 6.07) is 19.1. The van der Waals surface area contributed by atoms with E-state index < -0.39 is 0 Å². The lowest BCUT2D eigenvalue weighted by atomic mass is 9.95. The van der Waals surface area contributed by atoms with Crippen molar-refractivity contribution < 1.29 is 13.9 Å². The molecule has 178 valence electrons. The zero-order chi connectivity index (χ0) is 24.0. The van der Waals surface area contributed by atoms with Crippen molar-refractivity contribution in [2.75, 3.05) is 0 Å². The second-order valence-electron chi connectivity index (χ2n) is 8.40. The number of fused-ring (bicyclic) bond motifs is 1. The molecule has 0 radical (unpaired) electrons. The van der Waals surface area contributed by atoms with E-state index in [-0.39, 0.29) is 5.91 Å². The first-order chi connectivity index (χ1) is 17.2. The highest BCUT2D eigenvalue weighted by atomic mass is 35.5. The van der Waals surface area contributed by atoms with E-state index in [0.717, 1.165) is 58.9 Å². The fourth-order valence-electron chi connectivity index (χ4n) is 4.11. The molecule has 2 aromatic carbocycles. The van der Waals surface area contributed by atoms with Crippen LogP contribution < -0.4 is 10.1 Å². The minimum absolute atomic E-state index is 0.104. The van der Waals surface area contributed by atoms with Crippen LogP contribution in [0, 0.1) is 0 Å². The molecule has 4 aromatic rings. The van der Waals surface area contributed by atoms with E-state index >= 15 is 0 Å². The van der Waals surface area contributed by atoms with Crippen molar-refractivity contribution in [1.82, 2.24) is 5.32 Å². The molecule has 0 fully saturated rings. The summed E-state index contributed by atoms with van der Waals surface area (Å²) in [5.74, 6) is 1.38. The predicted molar refractivity (Wildman–Crippen MR) is 140 cm³/mol. The molecule has 5 nitrogen and oxygen atoms in total. The molecule has 35 heavy (non-hydrogen) atoms. The smallest absolute Gasteiger partial charge is 0.255 e. The molecule has 2 aromatic heterocycles. The average molecular weight is 505 g/mol. The van der Waals surface area contributed by atoms with Crippen molar-refractivity contribution in [3.8, 4) is 5.75 Å². The highest BCUT2D eigenvalue weighted by molar-refractivity contribution is 7.16. The van der Waals surface area contributed by atoms with Crippen LogP contribution in [0.5, 0.6) is 5.75 Å². The van der Waals surface area contributed by atoms with Crippen LogP contribution in [0.25, 0.3) is 0 Å². The molecule has 7 heteroatoms. The average Bonchev–Trinajstić information content (AvgIpc) is 3.54. The van der Waals surface area contributed by atoms with E-state index in [0.29, 0.717) is 23.7 Å². The lowest BCUT2D eigenvalue weighted by Gasteiger charge is -2.12. The van der Waals surface area contributed by atoms with Gasteiger partial charge in [-0.2, -0.15) is 0 Å². The van der Waals surface area contributed by atoms with E-state index in [1.807, 2.05) is 60.7 Å². The number of nitrogens with zero attached hydrogens (tertiary/aromatic N) is 1. The topological polar surface area (TPSA) is 63.8 Å². The van der Waals surface area contributed by atoms with Crippen LogP contribution in [0.4, 0.5) is 5.00 Å². The molecule has 0 aliphatic heterocycles. The Bertz CT molecular complexity index is 1330. The Balaban J connectivity index is 1.32. The Morgan fingerprint density at radius 2 is 1.97 bits per heavy atom. The van der Waals surface area contributed by atoms with Crippen LogP contribution in [0.3, 0.4) is 0 Å². The third-order valence-electron chi connectivity index (χ3n) is 5.89. The fraction of sp³-hybridized carbons (Fsp3) is 0.214. The maximum absolute atomic E-state index is 13.2. The van der Waals surface area contributed by atoms with Crippen LogP contribution in [-0.2, 0) is 26.0 Å². The lowest BCUT2D eigenvalue weighted by molar-refractivity contribution is 0.0948. The normalized spacial score (nSPS) is 13.1. The SMILES string of the molecule is O=C(NCc1ccco1)c1c(N=Cc2cccc(OCc3ccc(Cl)cc3)c2)sc2c1CCCC2. The summed E-state index contributed by atoms with van der Waals surface area (Å²) in [6.07, 6.45) is 7.57. The molecular formula is C28H25ClN2O3S. The van der Waals surface area contributed by atoms with Gasteiger partial charge in [-0.05, 0) is 78.8 Å². The van der Waals surface area contributed by atoms with Crippen LogP contribution >= 0.6 is 22.9 Å². The van der Waals surface area contributed by atoms with Gasteiger partial charge in [-0.1, -0.05) is 35.9 Å². The summed E-state index contributed by atoms with van der Waals surface area (Å²) in [6.45, 7) is 0.808. The van der Waals surface area contributed by atoms with Gasteiger partial charge in [0, 0.05) is 16.1 Å². The largest absolute Gasteiger partial charge is 0.489 e. The number of benzene rings is 2. The minimum atomic E-state index is -0.104. The summed E-state index contributed by atoms with van der Waals surface area (Å²) in [4.78, 5) is 19.2. The first-order valence-electron chi connectivity index (χ1n) is 11.6. The molecule has 5 rings (SSSR count). The number of nitrogens with one attached hydrogen (secondary N) is 1. The molecule has 1 aliphatic carbocycles. The number of aliphatic imine (C=N–C) groups is 1. The van der Waals surface area contributed by atoms with Gasteiger partial charge in [0.25, 0.3) is 5.91 Å². The molecule has 0 saturated heterocycles. The number of thiophene rings is 1. The number of rotatable bonds is 8. The van der Waals surface area contributed by atoms with Crippen molar-refractivity contribution >= 4 is 40.1 Å². The highest BCUT2D eigenvalue weighted by Gasteiger charge is 2.25. The number of furan rings is 1. The maximum Gasteiger partial charge on any atom is 0.255 e. The van der Waals surface area contributed by atoms with E-state index in [4.69, 9.17) is 25.7 Å². The van der Waals surface area contributed by atoms with Crippen LogP contribution in [0.15, 0.2) is 76.3 Å². The Kier molecular flexibility index (Phi) is 7.31. The van der Waals surface area contributed by atoms with Crippen LogP contribution in [0.1, 0.15) is 50.5 Å². The zero-order valence-electron chi connectivity index (χ0n) is 19.1. The predicted octanol–water partition coefficient (Wildman–Crippen LogP) is 7.13. The Hall–Kier alpha value is -3.35. The minimum Gasteiger partial charge on any atom is -0.489 e. The van der Waals surface area contributed by atoms with Gasteiger partial charge in [0.15, 0.2) is 0 Å². The molecular weight excluding hydrogens is 480 g/mol. The van der Waals surface area contributed by atoms with Gasteiger partial charge < -0.3 is 14.5 Å². The number of hydrogen-bond acceptors (Lipinski definition) is 5. The Morgan fingerprint density at radius 3 is 2.80 bits per heavy atom. The monoisotopic (exact) mass is 504 g/mol. The maximum atomic E-state index is 13.2. The third-order valence-corrected chi connectivity index (χ3v) is 7.34. The second kappa shape index (κ2) is 10.9. The van der Waals surface area contributed by atoms with E-state index in [1.165, 1.54) is 4.88 Å². The zero-order valence-corrected chi connectivity index (χ0v) is 20.7. The number of halogens is 1. The molecule has 0 spiro atoms. The molecule has 0 unspecified atom stereocenters. The molecule has 2 heterocycles. The third kappa shape index (κ3) is 5.84. The fourth-order valence-corrected chi connectivity index (χ4v) is 5.47. The van der Waals surface area contributed by atoms with Crippen molar-refractivity contribution in [1.29, 1.82) is 0 Å². The first kappa shape index (κ1) is 23.4. The number of aryl methyl sites for hydroxylation is 1. The molecule has 0 saturated carbocycles. The number of hydrogen-bond donors (Lipinski definition) is 1. The quantitative estimate of drug-likeness (QED) is 0.259. The van der Waals surface area contributed by atoms with Gasteiger partial charge in [-0.3, -0.25) is 4.79 Å². The summed E-state index contributed by atoms with van der Waals surface area (Å²) in [7, 11) is 0. The Morgan fingerprint density at radius 1 is 1.11 bits per heavy atom. The van der Waals surface area contributed by atoms with Crippen LogP contribution in [0.2, 0.25) is 5.02 Å². The van der Waals surface area contributed by atoms with Gasteiger partial charge in [-0.15, -0.1) is 11.3 Å². The summed E-state index contributed by atoms with van der Waals surface area (Å²) >= 11 is 7.58. The molecule has 1 N–H and O–H groups in total. The molecule has 0 bridgehead atoms. The van der Waals surface area contributed by atoms with Gasteiger partial charge in [0.1, 0.15) is 23.1 Å². The van der Waals surface area contributed by atoms with Crippen molar-refractivity contribution in [2.24, 2.45) is 4.99 Å². The van der Waals surface area contributed by atoms with Gasteiger partial charge in [0.2, 0.25) is 0 Å². The van der Waals surface area contributed by atoms with Gasteiger partial charge >= 0.3 is 0 Å². The van der Waals surface area contributed by atoms with Crippen LogP contribution in [-0.4, -0.2) is 12.1 Å². The molecule has 1 aliphatic rings. The second-order valence-corrected chi connectivity index (χ2v) is 9.92. The lowest BCUT2D eigenvalue weighted by Crippen LogP contribution is -2.23. The standard InChI is InChI=1S/C28H25ClN2O3S/c29-21-12-10-19(11-13-21)18-34-22-6-3-5-20(15-22)16-31-28-26(24-8-1-2-9-25(24)35-28)27(32)30-17-23-7-4-14-33-23/h3-7,10-16H,1-2,8-9,17-18H2,(H,30,32). The van der Waals surface area contributed by atoms with E-state index in [1.54, 1.807) is 23.8 Å². The van der Waals surface area contributed by atoms with E-state index in [9.17, 15) is 4.79 Å². The molecule has 1 amide bonds. The number of carbonyl (C=O) groups is 1. The van der Waals surface area contributed by atoms with Gasteiger partial charge in [-0.25, -0.2) is 4.99 Å². The number of ether oxygens (including phenoxy) is 1. The van der Waals surface area contributed by atoms with E-state index in [2.05, 4.69) is 5.32 Å². The number of amides is 1. The summed E-state index contributed by atoms with van der Waals surface area (Å²) in [5.41, 5.74) is 3.79. The summed E-state index contributed by atoms with van der Waals surface area (Å²) < 4.78 is 11.3. The van der Waals surface area contributed by atoms with Crippen molar-refractivity contribution in [2.45, 2.75) is 38.8 Å². The highest BCUT2D eigenvalue weighted by Crippen LogP contribution is 2.40. The summed E-state index contributed by atoms with van der Waals surface area (Å²) in [5, 5.41) is 4.45. The number of carbonyl (C=O) groups excluding carboxylic acids is 1. The van der Waals surface area contributed by atoms with Gasteiger partial charge in [0.05, 0.1) is 18.4 Å². The Labute approximate surface area is 213 Å². The molecule has 0 atom stereocenters.